The summed E-state index contributed by atoms with van der Waals surface area (Å²) in [6.07, 6.45) is 12.3. The smallest absolute Gasteiger partial charge is 0.326 e. The van der Waals surface area contributed by atoms with Crippen LogP contribution in [0.4, 0.5) is 0 Å². The van der Waals surface area contributed by atoms with E-state index in [1.807, 2.05) is 0 Å². The molecule has 2 atom stereocenters. The zero-order valence-electron chi connectivity index (χ0n) is 34.3. The second kappa shape index (κ2) is 37.8. The first-order valence-electron chi connectivity index (χ1n) is 20.5. The predicted molar refractivity (Wildman–Crippen MR) is 212 cm³/mol. The Balaban J connectivity index is 3.67. The number of carbonyl (C=O) groups is 7. The normalized spacial score (nSPS) is 12.0. The highest BCUT2D eigenvalue weighted by Gasteiger charge is 2.21. The maximum atomic E-state index is 12.3. The number of amides is 4. The van der Waals surface area contributed by atoms with Gasteiger partial charge in [-0.15, -0.1) is 0 Å². The number of carboxylic acids is 2. The number of ether oxygens (including phenoxy) is 4. The molecule has 7 N–H and O–H groups in total. The second-order valence-electron chi connectivity index (χ2n) is 13.8. The number of nitrogens with one attached hydrogen (secondary N) is 5. The van der Waals surface area contributed by atoms with Crippen molar-refractivity contribution in [3.05, 3.63) is 0 Å². The standard InChI is InChI=1S/C39H71N5O13/c1-31(45)32(40-2)15-13-14-20-41-36(48)29-56-27-26-55-24-22-43-37(49)30-57-28-25-54-23-21-42-34(46)19-18-33(39(52)53)44-35(47)16-11-9-7-5-3-4-6-8-10-12-17-38(50)51/h32-33,40H,3-30H2,1-2H3,(H,41,48)(H,42,46)(H,43,49)(H,44,47)(H,50,51)(H,52,53)/t32-,33-/m0/s1. The number of carboxylic acid groups (broad SMARTS) is 2. The number of ketones is 1. The van der Waals surface area contributed by atoms with Gasteiger partial charge in [0.1, 0.15) is 25.0 Å². The maximum Gasteiger partial charge on any atom is 0.326 e. The molecule has 330 valence electrons. The first-order valence-corrected chi connectivity index (χ1v) is 20.5. The molecule has 0 aromatic rings. The van der Waals surface area contributed by atoms with Gasteiger partial charge in [0.05, 0.1) is 45.7 Å². The van der Waals surface area contributed by atoms with E-state index in [-0.39, 0.29) is 127 Å². The number of Topliss-reactive ketones (excluding diaryl/α,β-unsaturated/α-hetero) is 1. The molecule has 0 unspecified atom stereocenters. The van der Waals surface area contributed by atoms with Crippen molar-refractivity contribution in [3.63, 3.8) is 0 Å². The molecule has 0 saturated carbocycles. The largest absolute Gasteiger partial charge is 0.481 e. The van der Waals surface area contributed by atoms with Crippen molar-refractivity contribution in [1.82, 2.24) is 26.6 Å². The average molecular weight is 818 g/mol. The summed E-state index contributed by atoms with van der Waals surface area (Å²) in [6, 6.07) is -1.30. The van der Waals surface area contributed by atoms with Crippen molar-refractivity contribution in [2.45, 2.75) is 128 Å². The lowest BCUT2D eigenvalue weighted by atomic mass is 10.0. The van der Waals surface area contributed by atoms with Crippen LogP contribution in [0.5, 0.6) is 0 Å². The van der Waals surface area contributed by atoms with Gasteiger partial charge in [-0.1, -0.05) is 51.4 Å². The molecule has 0 rings (SSSR count). The summed E-state index contributed by atoms with van der Waals surface area (Å²) in [6.45, 7) is 3.63. The van der Waals surface area contributed by atoms with Crippen LogP contribution < -0.4 is 26.6 Å². The molecule has 0 fully saturated rings. The van der Waals surface area contributed by atoms with Crippen LogP contribution in [-0.2, 0) is 52.5 Å². The van der Waals surface area contributed by atoms with Crippen LogP contribution in [0.1, 0.15) is 116 Å². The molecule has 0 spiro atoms. The third-order valence-corrected chi connectivity index (χ3v) is 8.77. The Kier molecular flexibility index (Phi) is 35.4. The minimum atomic E-state index is -1.19. The molecule has 0 heterocycles. The summed E-state index contributed by atoms with van der Waals surface area (Å²) in [5, 5.41) is 31.7. The summed E-state index contributed by atoms with van der Waals surface area (Å²) < 4.78 is 21.3. The fourth-order valence-corrected chi connectivity index (χ4v) is 5.51. The first kappa shape index (κ1) is 53.3. The molecule has 0 aliphatic carbocycles. The third-order valence-electron chi connectivity index (χ3n) is 8.77. The van der Waals surface area contributed by atoms with E-state index in [1.54, 1.807) is 14.0 Å². The number of unbranched alkanes of at least 4 members (excludes halogenated alkanes) is 10. The predicted octanol–water partition coefficient (Wildman–Crippen LogP) is 1.86. The zero-order valence-corrected chi connectivity index (χ0v) is 34.3. The molecule has 0 radical (unpaired) electrons. The number of rotatable bonds is 41. The molecule has 0 saturated heterocycles. The zero-order chi connectivity index (χ0) is 42.4. The lowest BCUT2D eigenvalue weighted by Crippen LogP contribution is -2.41. The van der Waals surface area contributed by atoms with E-state index in [9.17, 15) is 38.7 Å². The SMILES string of the molecule is CN[C@@H](CCCCNC(=O)COCCOCCNC(=O)COCCOCCNC(=O)CC[C@H](NC(=O)CCCCCCCCCCCCC(=O)O)C(=O)O)C(C)=O. The van der Waals surface area contributed by atoms with Crippen LogP contribution in [0.3, 0.4) is 0 Å². The quantitative estimate of drug-likeness (QED) is 0.0435. The Morgan fingerprint density at radius 2 is 0.947 bits per heavy atom. The van der Waals surface area contributed by atoms with Gasteiger partial charge in [-0.3, -0.25) is 28.8 Å². The fourth-order valence-electron chi connectivity index (χ4n) is 5.51. The molecule has 0 aliphatic rings. The van der Waals surface area contributed by atoms with Crippen molar-refractivity contribution >= 4 is 41.4 Å². The first-order chi connectivity index (χ1) is 27.5. The van der Waals surface area contributed by atoms with Crippen molar-refractivity contribution in [1.29, 1.82) is 0 Å². The molecule has 4 amide bonds. The van der Waals surface area contributed by atoms with Crippen LogP contribution in [-0.4, -0.2) is 143 Å². The average Bonchev–Trinajstić information content (AvgIpc) is 3.16. The van der Waals surface area contributed by atoms with Gasteiger partial charge in [-0.2, -0.15) is 0 Å². The van der Waals surface area contributed by atoms with Gasteiger partial charge >= 0.3 is 11.9 Å². The topological polar surface area (TPSA) is 257 Å². The van der Waals surface area contributed by atoms with E-state index in [4.69, 9.17) is 24.1 Å². The van der Waals surface area contributed by atoms with Crippen LogP contribution >= 0.6 is 0 Å². The Hall–Kier alpha value is -3.71. The molecular weight excluding hydrogens is 746 g/mol. The number of hydrogen-bond donors (Lipinski definition) is 7. The van der Waals surface area contributed by atoms with Gasteiger partial charge < -0.3 is 55.7 Å². The molecule has 0 aromatic carbocycles. The van der Waals surface area contributed by atoms with Gasteiger partial charge in [0.15, 0.2) is 0 Å². The van der Waals surface area contributed by atoms with Crippen LogP contribution in [0.25, 0.3) is 0 Å². The molecule has 0 aromatic heterocycles. The Morgan fingerprint density at radius 3 is 1.44 bits per heavy atom. The van der Waals surface area contributed by atoms with E-state index in [0.29, 0.717) is 13.0 Å². The van der Waals surface area contributed by atoms with Crippen molar-refractivity contribution < 1.29 is 62.7 Å². The van der Waals surface area contributed by atoms with Gasteiger partial charge in [0.2, 0.25) is 23.6 Å². The number of likely N-dealkylation sites (N-methyl/N-ethyl adjacent to an activating group) is 1. The van der Waals surface area contributed by atoms with E-state index in [1.165, 1.54) is 0 Å². The fraction of sp³-hybridized carbons (Fsp3) is 0.821. The van der Waals surface area contributed by atoms with E-state index in [0.717, 1.165) is 77.0 Å². The lowest BCUT2D eigenvalue weighted by Gasteiger charge is -2.14. The molecule has 0 aliphatic heterocycles. The molecule has 18 nitrogen and oxygen atoms in total. The molecule has 57 heavy (non-hydrogen) atoms. The van der Waals surface area contributed by atoms with Gasteiger partial charge in [-0.25, -0.2) is 4.79 Å². The van der Waals surface area contributed by atoms with Crippen LogP contribution in [0.2, 0.25) is 0 Å². The summed E-state index contributed by atoms with van der Waals surface area (Å²) in [7, 11) is 1.75. The molecular formula is C39H71N5O13. The second-order valence-corrected chi connectivity index (χ2v) is 13.8. The van der Waals surface area contributed by atoms with Gasteiger partial charge in [-0.05, 0) is 52.5 Å². The summed E-state index contributed by atoms with van der Waals surface area (Å²) >= 11 is 0. The van der Waals surface area contributed by atoms with Crippen molar-refractivity contribution in [2.24, 2.45) is 0 Å². The lowest BCUT2D eigenvalue weighted by molar-refractivity contribution is -0.142. The Bertz CT molecular complexity index is 1130. The minimum absolute atomic E-state index is 0.0362. The summed E-state index contributed by atoms with van der Waals surface area (Å²) in [4.78, 5) is 81.6. The molecule has 0 bridgehead atoms. The van der Waals surface area contributed by atoms with Crippen molar-refractivity contribution in [3.8, 4) is 0 Å². The van der Waals surface area contributed by atoms with E-state index in [2.05, 4.69) is 26.6 Å². The minimum Gasteiger partial charge on any atom is -0.481 e. The third kappa shape index (κ3) is 36.4. The van der Waals surface area contributed by atoms with Crippen LogP contribution in [0, 0.1) is 0 Å². The highest BCUT2D eigenvalue weighted by atomic mass is 16.5. The monoisotopic (exact) mass is 818 g/mol. The summed E-state index contributed by atoms with van der Waals surface area (Å²) in [5.41, 5.74) is 0. The van der Waals surface area contributed by atoms with Gasteiger partial charge in [0.25, 0.3) is 0 Å². The van der Waals surface area contributed by atoms with E-state index >= 15 is 0 Å². The number of carbonyl (C=O) groups excluding carboxylic acids is 5. The van der Waals surface area contributed by atoms with E-state index < -0.39 is 18.0 Å². The molecule has 18 heteroatoms. The van der Waals surface area contributed by atoms with Gasteiger partial charge in [0, 0.05) is 38.9 Å². The maximum absolute atomic E-state index is 12.3. The number of aliphatic carboxylic acids is 2. The van der Waals surface area contributed by atoms with Crippen LogP contribution in [0.15, 0.2) is 0 Å². The highest BCUT2D eigenvalue weighted by Crippen LogP contribution is 2.12. The summed E-state index contributed by atoms with van der Waals surface area (Å²) in [5.74, 6) is -3.09. The highest BCUT2D eigenvalue weighted by molar-refractivity contribution is 5.84. The Labute approximate surface area is 338 Å². The number of hydrogen-bond acceptors (Lipinski definition) is 12. The Morgan fingerprint density at radius 1 is 0.474 bits per heavy atom. The van der Waals surface area contributed by atoms with Crippen molar-refractivity contribution in [2.75, 3.05) is 79.5 Å².